The summed E-state index contributed by atoms with van der Waals surface area (Å²) >= 11 is 13.1. The minimum atomic E-state index is -4.12. The van der Waals surface area contributed by atoms with Gasteiger partial charge in [-0.25, -0.2) is 21.8 Å². The standard InChI is InChI=1S/C21H15Cl2N3O5S3/c22-16-12-18(19(13-17(16)23)26-34(29,30)21-5-3-11-32-21)25-33(27,28)15-8-6-14(7-9-15)31-20-4-1-2-10-24-20/h1-13,25-26H. The van der Waals surface area contributed by atoms with E-state index in [1.165, 1.54) is 42.5 Å². The molecule has 2 N–H and O–H groups in total. The quantitative estimate of drug-likeness (QED) is 0.282. The third kappa shape index (κ3) is 5.62. The summed E-state index contributed by atoms with van der Waals surface area (Å²) in [7, 11) is -8.09. The Morgan fingerprint density at radius 3 is 2.00 bits per heavy atom. The van der Waals surface area contributed by atoms with Crippen molar-refractivity contribution in [1.82, 2.24) is 4.98 Å². The van der Waals surface area contributed by atoms with Gasteiger partial charge < -0.3 is 4.74 Å². The Morgan fingerprint density at radius 1 is 0.794 bits per heavy atom. The van der Waals surface area contributed by atoms with Crippen molar-refractivity contribution in [2.45, 2.75) is 9.10 Å². The molecule has 0 unspecified atom stereocenters. The Labute approximate surface area is 210 Å². The molecule has 0 bridgehead atoms. The van der Waals surface area contributed by atoms with Crippen LogP contribution in [0.25, 0.3) is 0 Å². The highest BCUT2D eigenvalue weighted by Gasteiger charge is 2.22. The number of hydrogen-bond acceptors (Lipinski definition) is 7. The van der Waals surface area contributed by atoms with E-state index >= 15 is 0 Å². The average Bonchev–Trinajstić information content (AvgIpc) is 3.34. The molecule has 0 aliphatic rings. The summed E-state index contributed by atoms with van der Waals surface area (Å²) in [6, 6.07) is 16.2. The van der Waals surface area contributed by atoms with Crippen molar-refractivity contribution in [3.63, 3.8) is 0 Å². The van der Waals surface area contributed by atoms with Gasteiger partial charge in [-0.2, -0.15) is 0 Å². The number of sulfonamides is 2. The third-order valence-corrected chi connectivity index (χ3v) is 9.17. The minimum Gasteiger partial charge on any atom is -0.439 e. The molecule has 2 aromatic heterocycles. The number of aromatic nitrogens is 1. The first-order valence-electron chi connectivity index (χ1n) is 9.41. The topological polar surface area (TPSA) is 114 Å². The molecule has 0 radical (unpaired) electrons. The molecule has 4 rings (SSSR count). The summed E-state index contributed by atoms with van der Waals surface area (Å²) in [5.74, 6) is 0.742. The molecule has 2 heterocycles. The van der Waals surface area contributed by atoms with Crippen LogP contribution >= 0.6 is 34.5 Å². The van der Waals surface area contributed by atoms with Crippen LogP contribution in [0.1, 0.15) is 0 Å². The lowest BCUT2D eigenvalue weighted by atomic mass is 10.3. The second-order valence-corrected chi connectivity index (χ2v) is 12.1. The van der Waals surface area contributed by atoms with Crippen LogP contribution in [-0.4, -0.2) is 21.8 Å². The monoisotopic (exact) mass is 555 g/mol. The highest BCUT2D eigenvalue weighted by atomic mass is 35.5. The highest BCUT2D eigenvalue weighted by Crippen LogP contribution is 2.35. The summed E-state index contributed by atoms with van der Waals surface area (Å²) in [5, 5.41) is 1.69. The minimum absolute atomic E-state index is 0.0394. The molecular weight excluding hydrogens is 541 g/mol. The van der Waals surface area contributed by atoms with Gasteiger partial charge in [0.1, 0.15) is 9.96 Å². The molecule has 176 valence electrons. The molecule has 34 heavy (non-hydrogen) atoms. The fourth-order valence-corrected chi connectivity index (χ4v) is 6.21. The molecule has 0 fully saturated rings. The van der Waals surface area contributed by atoms with Crippen LogP contribution in [0.4, 0.5) is 11.4 Å². The fourth-order valence-electron chi connectivity index (χ4n) is 2.75. The van der Waals surface area contributed by atoms with Crippen molar-refractivity contribution in [1.29, 1.82) is 0 Å². The molecule has 0 saturated carbocycles. The number of nitrogens with one attached hydrogen (secondary N) is 2. The van der Waals surface area contributed by atoms with Crippen molar-refractivity contribution in [3.8, 4) is 11.6 Å². The van der Waals surface area contributed by atoms with Crippen molar-refractivity contribution in [2.75, 3.05) is 9.44 Å². The van der Waals surface area contributed by atoms with Crippen LogP contribution in [0.2, 0.25) is 10.0 Å². The lowest BCUT2D eigenvalue weighted by Crippen LogP contribution is -2.17. The number of halogens is 2. The highest BCUT2D eigenvalue weighted by molar-refractivity contribution is 7.94. The summed E-state index contributed by atoms with van der Waals surface area (Å²) in [4.78, 5) is 3.96. The molecule has 2 aromatic carbocycles. The van der Waals surface area contributed by atoms with Crippen LogP contribution < -0.4 is 14.2 Å². The predicted octanol–water partition coefficient (Wildman–Crippen LogP) is 5.84. The molecule has 8 nitrogen and oxygen atoms in total. The normalized spacial score (nSPS) is 11.7. The summed E-state index contributed by atoms with van der Waals surface area (Å²) < 4.78 is 61.7. The summed E-state index contributed by atoms with van der Waals surface area (Å²) in [5.41, 5.74) is -0.176. The van der Waals surface area contributed by atoms with E-state index in [9.17, 15) is 16.8 Å². The first-order chi connectivity index (χ1) is 16.1. The van der Waals surface area contributed by atoms with Crippen LogP contribution in [0.3, 0.4) is 0 Å². The van der Waals surface area contributed by atoms with E-state index in [1.54, 1.807) is 35.8 Å². The maximum Gasteiger partial charge on any atom is 0.271 e. The van der Waals surface area contributed by atoms with Gasteiger partial charge in [0, 0.05) is 12.3 Å². The van der Waals surface area contributed by atoms with Gasteiger partial charge in [-0.05, 0) is 53.9 Å². The van der Waals surface area contributed by atoms with Gasteiger partial charge in [-0.3, -0.25) is 9.44 Å². The van der Waals surface area contributed by atoms with E-state index in [0.717, 1.165) is 11.3 Å². The molecule has 0 aliphatic heterocycles. The summed E-state index contributed by atoms with van der Waals surface area (Å²) in [6.45, 7) is 0. The average molecular weight is 556 g/mol. The largest absolute Gasteiger partial charge is 0.439 e. The van der Waals surface area contributed by atoms with Gasteiger partial charge in [0.2, 0.25) is 5.88 Å². The number of benzene rings is 2. The van der Waals surface area contributed by atoms with Gasteiger partial charge in [0.15, 0.2) is 0 Å². The van der Waals surface area contributed by atoms with E-state index < -0.39 is 20.0 Å². The van der Waals surface area contributed by atoms with E-state index in [-0.39, 0.29) is 30.5 Å². The number of ether oxygens (including phenoxy) is 1. The molecule has 0 atom stereocenters. The number of thiophene rings is 1. The van der Waals surface area contributed by atoms with Crippen molar-refractivity contribution in [3.05, 3.63) is 88.4 Å². The van der Waals surface area contributed by atoms with Crippen LogP contribution in [-0.2, 0) is 20.0 Å². The van der Waals surface area contributed by atoms with Crippen LogP contribution in [0.5, 0.6) is 11.6 Å². The Hall–Kier alpha value is -2.83. The molecule has 13 heteroatoms. The van der Waals surface area contributed by atoms with E-state index in [2.05, 4.69) is 14.4 Å². The molecule has 0 saturated heterocycles. The molecule has 0 amide bonds. The first-order valence-corrected chi connectivity index (χ1v) is 14.0. The Kier molecular flexibility index (Phi) is 7.01. The maximum absolute atomic E-state index is 13.0. The fraction of sp³-hybridized carbons (Fsp3) is 0. The maximum atomic E-state index is 13.0. The van der Waals surface area contributed by atoms with E-state index in [4.69, 9.17) is 27.9 Å². The predicted molar refractivity (Wildman–Crippen MR) is 133 cm³/mol. The van der Waals surface area contributed by atoms with Gasteiger partial charge in [-0.15, -0.1) is 11.3 Å². The zero-order valence-corrected chi connectivity index (χ0v) is 20.9. The van der Waals surface area contributed by atoms with Gasteiger partial charge in [0.05, 0.1) is 26.3 Å². The Morgan fingerprint density at radius 2 is 1.44 bits per heavy atom. The number of nitrogens with zero attached hydrogens (tertiary/aromatic N) is 1. The lowest BCUT2D eigenvalue weighted by Gasteiger charge is -2.15. The van der Waals surface area contributed by atoms with E-state index in [1.807, 2.05) is 0 Å². The number of hydrogen-bond donors (Lipinski definition) is 2. The zero-order chi connectivity index (χ0) is 24.3. The van der Waals surface area contributed by atoms with Gasteiger partial charge >= 0.3 is 0 Å². The summed E-state index contributed by atoms with van der Waals surface area (Å²) in [6.07, 6.45) is 1.57. The van der Waals surface area contributed by atoms with Crippen molar-refractivity contribution < 1.29 is 21.6 Å². The number of anilines is 2. The van der Waals surface area contributed by atoms with Crippen molar-refractivity contribution in [2.24, 2.45) is 0 Å². The lowest BCUT2D eigenvalue weighted by molar-refractivity contribution is 0.462. The number of rotatable bonds is 8. The van der Waals surface area contributed by atoms with Crippen LogP contribution in [0.15, 0.2) is 87.4 Å². The molecular formula is C21H15Cl2N3O5S3. The zero-order valence-electron chi connectivity index (χ0n) is 17.0. The second-order valence-electron chi connectivity index (χ2n) is 6.70. The smallest absolute Gasteiger partial charge is 0.271 e. The number of pyridine rings is 1. The first kappa shape index (κ1) is 24.3. The Balaban J connectivity index is 1.60. The SMILES string of the molecule is O=S(=O)(Nc1cc(Cl)c(Cl)cc1NS(=O)(=O)c1cccs1)c1ccc(Oc2ccccn2)cc1. The molecule has 0 aliphatic carbocycles. The Bertz CT molecular complexity index is 1510. The van der Waals surface area contributed by atoms with Gasteiger partial charge in [0.25, 0.3) is 20.0 Å². The van der Waals surface area contributed by atoms with Crippen molar-refractivity contribution >= 4 is 66.0 Å². The van der Waals surface area contributed by atoms with Crippen LogP contribution in [0, 0.1) is 0 Å². The molecule has 0 spiro atoms. The second kappa shape index (κ2) is 9.80. The third-order valence-electron chi connectivity index (χ3n) is 4.30. The van der Waals surface area contributed by atoms with E-state index in [0.29, 0.717) is 11.6 Å². The molecule has 4 aromatic rings. The van der Waals surface area contributed by atoms with Gasteiger partial charge in [-0.1, -0.05) is 35.3 Å².